The molecule has 0 unspecified atom stereocenters. The highest BCUT2D eigenvalue weighted by Crippen LogP contribution is 2.38. The van der Waals surface area contributed by atoms with Crippen LogP contribution in [0.4, 0.5) is 4.79 Å². The highest BCUT2D eigenvalue weighted by atomic mass is 35.5. The Morgan fingerprint density at radius 1 is 1.03 bits per heavy atom. The number of carbonyl (C=O) groups is 2. The highest BCUT2D eigenvalue weighted by molar-refractivity contribution is 8.18. The van der Waals surface area contributed by atoms with E-state index < -0.39 is 0 Å². The Bertz CT molecular complexity index is 1350. The minimum Gasteiger partial charge on any atom is -0.490 e. The van der Waals surface area contributed by atoms with Gasteiger partial charge >= 0.3 is 0 Å². The first-order chi connectivity index (χ1) is 17.9. The van der Waals surface area contributed by atoms with E-state index in [1.165, 1.54) is 4.90 Å². The predicted octanol–water partition coefficient (Wildman–Crippen LogP) is 7.59. The number of rotatable bonds is 10. The van der Waals surface area contributed by atoms with Gasteiger partial charge in [-0.1, -0.05) is 59.6 Å². The molecule has 5 nitrogen and oxygen atoms in total. The van der Waals surface area contributed by atoms with Crippen LogP contribution in [0.1, 0.15) is 34.7 Å². The van der Waals surface area contributed by atoms with Crippen LogP contribution in [-0.2, 0) is 24.4 Å². The van der Waals surface area contributed by atoms with E-state index in [-0.39, 0.29) is 17.7 Å². The van der Waals surface area contributed by atoms with Crippen molar-refractivity contribution in [3.63, 3.8) is 0 Å². The Morgan fingerprint density at radius 2 is 1.81 bits per heavy atom. The van der Waals surface area contributed by atoms with E-state index in [0.717, 1.165) is 39.6 Å². The van der Waals surface area contributed by atoms with Crippen LogP contribution in [-0.4, -0.2) is 22.7 Å². The van der Waals surface area contributed by atoms with E-state index >= 15 is 0 Å². The average Bonchev–Trinajstić information content (AvgIpc) is 3.12. The number of hydrogen-bond donors (Lipinski definition) is 0. The molecule has 1 aliphatic heterocycles. The van der Waals surface area contributed by atoms with Gasteiger partial charge in [-0.05, 0) is 79.1 Å². The van der Waals surface area contributed by atoms with Crippen molar-refractivity contribution in [2.45, 2.75) is 33.4 Å². The number of nitrogens with zero attached hydrogens (tertiary/aromatic N) is 1. The van der Waals surface area contributed by atoms with Gasteiger partial charge in [-0.2, -0.15) is 0 Å². The van der Waals surface area contributed by atoms with Crippen molar-refractivity contribution in [2.24, 2.45) is 0 Å². The largest absolute Gasteiger partial charge is 0.490 e. The van der Waals surface area contributed by atoms with E-state index in [1.54, 1.807) is 12.2 Å². The SMILES string of the molecule is C=CCc1cc(/C=C2\SC(=O)N(Cc3cccc(C)c3)C2=O)cc(OCC)c1OCc1ccc(Cl)cc1. The Kier molecular flexibility index (Phi) is 8.74. The van der Waals surface area contributed by atoms with Crippen LogP contribution in [0.5, 0.6) is 11.5 Å². The summed E-state index contributed by atoms with van der Waals surface area (Å²) in [4.78, 5) is 27.4. The first-order valence-electron chi connectivity index (χ1n) is 12.0. The lowest BCUT2D eigenvalue weighted by Gasteiger charge is -2.17. The summed E-state index contributed by atoms with van der Waals surface area (Å²) in [7, 11) is 0. The third-order valence-electron chi connectivity index (χ3n) is 5.71. The van der Waals surface area contributed by atoms with Crippen LogP contribution < -0.4 is 9.47 Å². The zero-order valence-corrected chi connectivity index (χ0v) is 22.4. The van der Waals surface area contributed by atoms with Gasteiger partial charge in [0.2, 0.25) is 0 Å². The summed E-state index contributed by atoms with van der Waals surface area (Å²) in [6, 6.07) is 19.0. The summed E-state index contributed by atoms with van der Waals surface area (Å²) in [5.74, 6) is 0.894. The van der Waals surface area contributed by atoms with Crippen LogP contribution in [0.25, 0.3) is 6.08 Å². The van der Waals surface area contributed by atoms with Crippen molar-refractivity contribution in [2.75, 3.05) is 6.61 Å². The topological polar surface area (TPSA) is 55.8 Å². The molecule has 4 rings (SSSR count). The van der Waals surface area contributed by atoms with E-state index in [1.807, 2.05) is 74.5 Å². The quantitative estimate of drug-likeness (QED) is 0.198. The standard InChI is InChI=1S/C30H28ClNO4S/c1-4-7-24-15-23(16-26(35-5-2)28(24)36-19-21-10-12-25(31)13-11-21)17-27-29(33)32(30(34)37-27)18-22-9-6-8-20(3)14-22/h4,6,8-17H,1,5,7,18-19H2,2-3H3/b27-17-. The molecule has 1 saturated heterocycles. The van der Waals surface area contributed by atoms with Crippen molar-refractivity contribution in [1.82, 2.24) is 4.90 Å². The summed E-state index contributed by atoms with van der Waals surface area (Å²) in [6.07, 6.45) is 4.07. The van der Waals surface area contributed by atoms with Gasteiger partial charge in [0.05, 0.1) is 18.1 Å². The smallest absolute Gasteiger partial charge is 0.293 e. The number of ether oxygens (including phenoxy) is 2. The van der Waals surface area contributed by atoms with Crippen molar-refractivity contribution in [1.29, 1.82) is 0 Å². The fourth-order valence-electron chi connectivity index (χ4n) is 4.02. The van der Waals surface area contributed by atoms with Crippen LogP contribution in [0.2, 0.25) is 5.02 Å². The Hall–Kier alpha value is -3.48. The summed E-state index contributed by atoms with van der Waals surface area (Å²) in [5, 5.41) is 0.385. The summed E-state index contributed by atoms with van der Waals surface area (Å²) >= 11 is 6.94. The van der Waals surface area contributed by atoms with Gasteiger partial charge in [-0.25, -0.2) is 0 Å². The molecule has 1 fully saturated rings. The minimum atomic E-state index is -0.303. The first-order valence-corrected chi connectivity index (χ1v) is 13.2. The molecule has 190 valence electrons. The van der Waals surface area contributed by atoms with Gasteiger partial charge < -0.3 is 9.47 Å². The molecule has 3 aromatic carbocycles. The number of carbonyl (C=O) groups excluding carboxylic acids is 2. The number of hydrogen-bond acceptors (Lipinski definition) is 5. The second-order valence-electron chi connectivity index (χ2n) is 8.61. The van der Waals surface area contributed by atoms with E-state index in [4.69, 9.17) is 21.1 Å². The monoisotopic (exact) mass is 533 g/mol. The number of aryl methyl sites for hydroxylation is 1. The number of halogens is 1. The molecular weight excluding hydrogens is 506 g/mol. The molecule has 0 spiro atoms. The first kappa shape index (κ1) is 26.6. The third kappa shape index (κ3) is 6.64. The van der Waals surface area contributed by atoms with Crippen molar-refractivity contribution >= 4 is 40.6 Å². The number of imide groups is 1. The molecule has 1 aliphatic rings. The molecule has 2 amide bonds. The van der Waals surface area contributed by atoms with Crippen molar-refractivity contribution < 1.29 is 19.1 Å². The van der Waals surface area contributed by atoms with Gasteiger partial charge in [0.1, 0.15) is 6.61 Å². The maximum atomic E-state index is 13.1. The van der Waals surface area contributed by atoms with Crippen molar-refractivity contribution in [3.8, 4) is 11.5 Å². The molecule has 7 heteroatoms. The number of benzene rings is 3. The molecule has 0 bridgehead atoms. The second-order valence-corrected chi connectivity index (χ2v) is 10.0. The maximum absolute atomic E-state index is 13.1. The Labute approximate surface area is 226 Å². The zero-order valence-electron chi connectivity index (χ0n) is 20.8. The molecule has 37 heavy (non-hydrogen) atoms. The predicted molar refractivity (Wildman–Crippen MR) is 150 cm³/mol. The molecular formula is C30H28ClNO4S. The molecule has 0 aliphatic carbocycles. The lowest BCUT2D eigenvalue weighted by Crippen LogP contribution is -2.27. The van der Waals surface area contributed by atoms with Crippen molar-refractivity contribution in [3.05, 3.63) is 111 Å². The van der Waals surface area contributed by atoms with Crippen LogP contribution in [0.15, 0.2) is 78.2 Å². The molecule has 0 atom stereocenters. The summed E-state index contributed by atoms with van der Waals surface area (Å²) in [6.45, 7) is 8.80. The minimum absolute atomic E-state index is 0.243. The van der Waals surface area contributed by atoms with Gasteiger partial charge in [0.25, 0.3) is 11.1 Å². The average molecular weight is 534 g/mol. The van der Waals surface area contributed by atoms with Crippen LogP contribution in [0, 0.1) is 6.92 Å². The third-order valence-corrected chi connectivity index (χ3v) is 6.87. The lowest BCUT2D eigenvalue weighted by molar-refractivity contribution is -0.123. The van der Waals surface area contributed by atoms with E-state index in [9.17, 15) is 9.59 Å². The number of thioether (sulfide) groups is 1. The molecule has 0 aromatic heterocycles. The summed E-state index contributed by atoms with van der Waals surface area (Å²) < 4.78 is 12.1. The number of allylic oxidation sites excluding steroid dienone is 1. The van der Waals surface area contributed by atoms with E-state index in [2.05, 4.69) is 6.58 Å². The van der Waals surface area contributed by atoms with Gasteiger partial charge in [-0.15, -0.1) is 6.58 Å². The fraction of sp³-hybridized carbons (Fsp3) is 0.200. The normalized spacial score (nSPS) is 14.4. The van der Waals surface area contributed by atoms with Crippen LogP contribution >= 0.6 is 23.4 Å². The van der Waals surface area contributed by atoms with E-state index in [0.29, 0.717) is 41.1 Å². The Balaban J connectivity index is 1.61. The van der Waals surface area contributed by atoms with Gasteiger partial charge in [0, 0.05) is 10.6 Å². The van der Waals surface area contributed by atoms with Gasteiger partial charge in [-0.3, -0.25) is 14.5 Å². The van der Waals surface area contributed by atoms with Crippen LogP contribution in [0.3, 0.4) is 0 Å². The molecule has 0 radical (unpaired) electrons. The maximum Gasteiger partial charge on any atom is 0.293 e. The second kappa shape index (κ2) is 12.2. The number of amides is 2. The summed E-state index contributed by atoms with van der Waals surface area (Å²) in [5.41, 5.74) is 4.59. The lowest BCUT2D eigenvalue weighted by atomic mass is 10.0. The molecule has 0 N–H and O–H groups in total. The molecule has 3 aromatic rings. The highest BCUT2D eigenvalue weighted by Gasteiger charge is 2.35. The van der Waals surface area contributed by atoms with Gasteiger partial charge in [0.15, 0.2) is 11.5 Å². The Morgan fingerprint density at radius 3 is 2.51 bits per heavy atom. The zero-order chi connectivity index (χ0) is 26.4. The molecule has 0 saturated carbocycles. The fourth-order valence-corrected chi connectivity index (χ4v) is 4.98. The molecule has 1 heterocycles.